The van der Waals surface area contributed by atoms with Crippen molar-refractivity contribution in [3.05, 3.63) is 59.1 Å². The van der Waals surface area contributed by atoms with Gasteiger partial charge in [0.2, 0.25) is 0 Å². The fraction of sp³-hybridized carbons (Fsp3) is 0.286. The van der Waals surface area contributed by atoms with Crippen LogP contribution in [0.2, 0.25) is 5.02 Å². The molecule has 1 aromatic carbocycles. The molecular formula is C21H19ClFN3O3. The van der Waals surface area contributed by atoms with Crippen molar-refractivity contribution in [3.63, 3.8) is 0 Å². The molecule has 1 aliphatic carbocycles. The minimum atomic E-state index is -1.54. The highest BCUT2D eigenvalue weighted by Crippen LogP contribution is 2.52. The van der Waals surface area contributed by atoms with Crippen molar-refractivity contribution < 1.29 is 19.7 Å². The van der Waals surface area contributed by atoms with Crippen molar-refractivity contribution in [2.24, 2.45) is 5.41 Å². The van der Waals surface area contributed by atoms with Crippen LogP contribution in [-0.2, 0) is 0 Å². The minimum Gasteiger partial charge on any atom is -0.398 e. The third-order valence-electron chi connectivity index (χ3n) is 5.81. The maximum Gasteiger partial charge on any atom is 0.142 e. The van der Waals surface area contributed by atoms with Crippen LogP contribution in [0.3, 0.4) is 0 Å². The fourth-order valence-corrected chi connectivity index (χ4v) is 4.31. The fourth-order valence-electron chi connectivity index (χ4n) is 4.19. The molecule has 4 rings (SSSR count). The molecule has 0 aliphatic heterocycles. The highest BCUT2D eigenvalue weighted by molar-refractivity contribution is 6.30. The average molecular weight is 416 g/mol. The summed E-state index contributed by atoms with van der Waals surface area (Å²) in [6.07, 6.45) is 4.87. The van der Waals surface area contributed by atoms with Crippen LogP contribution in [-0.4, -0.2) is 37.1 Å². The van der Waals surface area contributed by atoms with Crippen molar-refractivity contribution in [1.29, 1.82) is 0 Å². The summed E-state index contributed by atoms with van der Waals surface area (Å²) in [4.78, 5) is 4.32. The van der Waals surface area contributed by atoms with Gasteiger partial charge in [0.1, 0.15) is 23.7 Å². The largest absolute Gasteiger partial charge is 0.398 e. The van der Waals surface area contributed by atoms with Gasteiger partial charge in [0.25, 0.3) is 0 Å². The van der Waals surface area contributed by atoms with Gasteiger partial charge in [0.15, 0.2) is 0 Å². The molecule has 8 heteroatoms. The van der Waals surface area contributed by atoms with Gasteiger partial charge < -0.3 is 25.6 Å². The first kappa shape index (κ1) is 19.7. The summed E-state index contributed by atoms with van der Waals surface area (Å²) in [5, 5.41) is 33.2. The first-order valence-electron chi connectivity index (χ1n) is 8.98. The number of aliphatic hydroxyl groups is 3. The lowest BCUT2D eigenvalue weighted by atomic mass is 9.76. The number of rotatable bonds is 3. The molecule has 150 valence electrons. The molecule has 1 aliphatic rings. The molecule has 29 heavy (non-hydrogen) atoms. The van der Waals surface area contributed by atoms with Crippen LogP contribution in [0.15, 0.2) is 42.7 Å². The number of nitrogens with zero attached hydrogens (tertiary/aromatic N) is 2. The zero-order valence-corrected chi connectivity index (χ0v) is 16.0. The maximum absolute atomic E-state index is 13.9. The number of hydrogen-bond acceptors (Lipinski definition) is 5. The van der Waals surface area contributed by atoms with Crippen LogP contribution < -0.4 is 5.73 Å². The lowest BCUT2D eigenvalue weighted by Gasteiger charge is -2.33. The highest BCUT2D eigenvalue weighted by atomic mass is 35.5. The Labute approximate surface area is 171 Å². The molecule has 0 saturated heterocycles. The van der Waals surface area contributed by atoms with Crippen molar-refractivity contribution >= 4 is 28.3 Å². The normalized spacial score (nSPS) is 27.8. The number of benzene rings is 1. The van der Waals surface area contributed by atoms with Gasteiger partial charge in [-0.1, -0.05) is 23.6 Å². The van der Waals surface area contributed by atoms with Crippen LogP contribution in [0.5, 0.6) is 0 Å². The number of hydrogen-bond donors (Lipinski definition) is 4. The zero-order valence-electron chi connectivity index (χ0n) is 15.2. The van der Waals surface area contributed by atoms with E-state index in [9.17, 15) is 19.7 Å². The second-order valence-corrected chi connectivity index (χ2v) is 7.74. The van der Waals surface area contributed by atoms with Gasteiger partial charge in [-0.15, -0.1) is 6.42 Å². The van der Waals surface area contributed by atoms with E-state index >= 15 is 0 Å². The predicted octanol–water partition coefficient (Wildman–Crippen LogP) is 2.43. The summed E-state index contributed by atoms with van der Waals surface area (Å²) in [5.74, 6) is 1.76. The Morgan fingerprint density at radius 1 is 1.34 bits per heavy atom. The van der Waals surface area contributed by atoms with Crippen molar-refractivity contribution in [2.75, 3.05) is 5.73 Å². The second kappa shape index (κ2) is 7.01. The molecule has 2 aromatic heterocycles. The van der Waals surface area contributed by atoms with E-state index in [0.717, 1.165) is 6.07 Å². The van der Waals surface area contributed by atoms with Gasteiger partial charge >= 0.3 is 0 Å². The topological polar surface area (TPSA) is 105 Å². The first-order valence-corrected chi connectivity index (χ1v) is 9.36. The number of aliphatic hydroxyl groups excluding tert-OH is 3. The molecule has 1 fully saturated rings. The number of anilines is 1. The molecule has 1 saturated carbocycles. The van der Waals surface area contributed by atoms with Crippen molar-refractivity contribution in [3.8, 4) is 12.3 Å². The number of nitrogen functional groups attached to an aromatic ring is 1. The molecule has 0 amide bonds. The number of aromatic nitrogens is 2. The molecule has 0 bridgehead atoms. The molecule has 5 atom stereocenters. The summed E-state index contributed by atoms with van der Waals surface area (Å²) >= 11 is 5.72. The SMILES string of the molecule is C#C[C@]1([C@H](O)c2ccc(Cl)c(F)c2)C[C@@H](n2ccc3c(N)ccnc32)[C@H](O)[C@@H]1O. The van der Waals surface area contributed by atoms with E-state index in [0.29, 0.717) is 16.7 Å². The Bertz CT molecular complexity index is 1130. The minimum absolute atomic E-state index is 0.0392. The van der Waals surface area contributed by atoms with Gasteiger partial charge in [-0.2, -0.15) is 0 Å². The molecule has 5 N–H and O–H groups in total. The lowest BCUT2D eigenvalue weighted by Crippen LogP contribution is -2.40. The van der Waals surface area contributed by atoms with Crippen LogP contribution >= 0.6 is 11.6 Å². The molecule has 6 nitrogen and oxygen atoms in total. The summed E-state index contributed by atoms with van der Waals surface area (Å²) in [6, 6.07) is 6.58. The van der Waals surface area contributed by atoms with Gasteiger partial charge in [0.05, 0.1) is 22.6 Å². The van der Waals surface area contributed by atoms with Crippen LogP contribution in [0, 0.1) is 23.6 Å². The molecule has 0 radical (unpaired) electrons. The molecule has 0 spiro atoms. The summed E-state index contributed by atoms with van der Waals surface area (Å²) < 4.78 is 15.6. The van der Waals surface area contributed by atoms with Gasteiger partial charge in [-0.05, 0) is 36.2 Å². The van der Waals surface area contributed by atoms with Gasteiger partial charge in [-0.25, -0.2) is 9.37 Å². The van der Waals surface area contributed by atoms with Crippen LogP contribution in [0.4, 0.5) is 10.1 Å². The number of nitrogens with two attached hydrogens (primary N) is 1. The monoisotopic (exact) mass is 415 g/mol. The van der Waals surface area contributed by atoms with Gasteiger partial charge in [0, 0.05) is 23.5 Å². The maximum atomic E-state index is 13.9. The van der Waals surface area contributed by atoms with E-state index in [2.05, 4.69) is 10.9 Å². The van der Waals surface area contributed by atoms with Crippen LogP contribution in [0.25, 0.3) is 11.0 Å². The molecule has 2 heterocycles. The quantitative estimate of drug-likeness (QED) is 0.492. The third kappa shape index (κ3) is 2.88. The summed E-state index contributed by atoms with van der Waals surface area (Å²) in [7, 11) is 0. The molecule has 0 unspecified atom stereocenters. The first-order chi connectivity index (χ1) is 13.8. The van der Waals surface area contributed by atoms with Crippen molar-refractivity contribution in [1.82, 2.24) is 9.55 Å². The zero-order chi connectivity index (χ0) is 20.9. The Morgan fingerprint density at radius 3 is 2.79 bits per heavy atom. The van der Waals surface area contributed by atoms with E-state index in [4.69, 9.17) is 23.8 Å². The van der Waals surface area contributed by atoms with E-state index in [1.165, 1.54) is 12.1 Å². The Kier molecular flexibility index (Phi) is 4.75. The highest BCUT2D eigenvalue weighted by Gasteiger charge is 2.57. The number of fused-ring (bicyclic) bond motifs is 1. The van der Waals surface area contributed by atoms with Crippen molar-refractivity contribution in [2.45, 2.75) is 30.8 Å². The number of terminal acetylenes is 1. The second-order valence-electron chi connectivity index (χ2n) is 7.33. The van der Waals surface area contributed by atoms with Crippen LogP contribution in [0.1, 0.15) is 24.1 Å². The van der Waals surface area contributed by atoms with Gasteiger partial charge in [-0.3, -0.25) is 0 Å². The number of halogens is 2. The summed E-state index contributed by atoms with van der Waals surface area (Å²) in [6.45, 7) is 0. The smallest absolute Gasteiger partial charge is 0.142 e. The summed E-state index contributed by atoms with van der Waals surface area (Å²) in [5.41, 5.74) is 5.66. The average Bonchev–Trinajstić information content (AvgIpc) is 3.25. The van der Waals surface area contributed by atoms with E-state index in [1.54, 1.807) is 29.1 Å². The Hall–Kier alpha value is -2.63. The van der Waals surface area contributed by atoms with E-state index in [1.807, 2.05) is 0 Å². The molecular weight excluding hydrogens is 397 g/mol. The molecule has 3 aromatic rings. The Balaban J connectivity index is 1.77. The van der Waals surface area contributed by atoms with E-state index < -0.39 is 35.6 Å². The third-order valence-corrected chi connectivity index (χ3v) is 6.12. The standard InChI is InChI=1S/C21H19ClFN3O3/c1-2-21(18(28)11-3-4-13(22)14(23)9-11)10-16(17(27)19(21)29)26-8-6-12-15(24)5-7-25-20(12)26/h1,3-9,16-19,27-29H,10H2,(H2,24,25)/t16-,17+,18-,19+,21-/m1/s1. The number of pyridine rings is 1. The van der Waals surface area contributed by atoms with E-state index in [-0.39, 0.29) is 17.0 Å². The lowest BCUT2D eigenvalue weighted by molar-refractivity contribution is -0.0566. The Morgan fingerprint density at radius 2 is 2.10 bits per heavy atom. The predicted molar refractivity (Wildman–Crippen MR) is 107 cm³/mol.